The maximum atomic E-state index is 7.15. The van der Waals surface area contributed by atoms with E-state index >= 15 is 0 Å². The zero-order valence-electron chi connectivity index (χ0n) is 50.1. The summed E-state index contributed by atoms with van der Waals surface area (Å²) in [5.74, 6) is 12.1. The van der Waals surface area contributed by atoms with Crippen LogP contribution >= 0.6 is 31.7 Å². The third kappa shape index (κ3) is 18.9. The maximum Gasteiger partial charge on any atom is 1.00 e. The molecule has 2 aliphatic rings. The molecule has 0 bridgehead atoms. The summed E-state index contributed by atoms with van der Waals surface area (Å²) >= 11 is 0. The molecule has 0 radical (unpaired) electrons. The number of hydrogen-bond donors (Lipinski definition) is 0. The van der Waals surface area contributed by atoms with Crippen molar-refractivity contribution in [1.29, 1.82) is 0 Å². The average Bonchev–Trinajstić information content (AvgIpc) is 1.76. The van der Waals surface area contributed by atoms with Gasteiger partial charge in [-0.2, -0.15) is 0 Å². The van der Waals surface area contributed by atoms with Gasteiger partial charge in [-0.3, -0.25) is 23.7 Å². The van der Waals surface area contributed by atoms with Crippen molar-refractivity contribution in [2.24, 2.45) is 0 Å². The summed E-state index contributed by atoms with van der Waals surface area (Å²) in [6.07, 6.45) is 30.3. The van der Waals surface area contributed by atoms with E-state index < -0.39 is 31.7 Å². The van der Waals surface area contributed by atoms with Gasteiger partial charge in [0.25, 0.3) is 0 Å². The van der Waals surface area contributed by atoms with E-state index in [-0.39, 0.29) is 89.5 Å². The van der Waals surface area contributed by atoms with E-state index in [9.17, 15) is 0 Å². The Morgan fingerprint density at radius 2 is 0.370 bits per heavy atom. The zero-order valence-corrected chi connectivity index (χ0v) is 62.7. The van der Waals surface area contributed by atoms with Crippen molar-refractivity contribution in [1.82, 2.24) is 0 Å². The van der Waals surface area contributed by atoms with Gasteiger partial charge in [-0.25, -0.2) is 0 Å². The largest absolute Gasteiger partial charge is 1.00 e. The Bertz CT molecular complexity index is 3700. The van der Waals surface area contributed by atoms with E-state index in [0.717, 1.165) is 35.1 Å². The molecule has 0 saturated heterocycles. The molecule has 0 spiro atoms. The predicted octanol–water partition coefficient (Wildman–Crippen LogP) is 15.6. The molecule has 0 N–H and O–H groups in total. The fraction of sp³-hybridized carbons (Fsp3) is 0.0476. The smallest absolute Gasteiger partial charge is 0.366 e. The molecular weight excluding hydrogens is 1920 g/mol. The first-order valence-electron chi connectivity index (χ1n) is 29.6. The summed E-state index contributed by atoms with van der Waals surface area (Å²) in [6.45, 7) is 0. The Kier molecular flexibility index (Phi) is 29.7. The van der Waals surface area contributed by atoms with Crippen molar-refractivity contribution in [3.8, 4) is 45.9 Å². The van der Waals surface area contributed by atoms with Gasteiger partial charge < -0.3 is 25.7 Å². The van der Waals surface area contributed by atoms with Crippen molar-refractivity contribution in [3.63, 3.8) is 0 Å². The van der Waals surface area contributed by atoms with Gasteiger partial charge in [-0.05, 0) is 132 Å². The summed E-state index contributed by atoms with van der Waals surface area (Å²) in [5, 5.41) is 12.0. The van der Waals surface area contributed by atoms with Gasteiger partial charge in [-0.1, -0.05) is 192 Å². The fourth-order valence-corrected chi connectivity index (χ4v) is 27.1. The Morgan fingerprint density at radius 3 is 0.511 bits per heavy atom. The van der Waals surface area contributed by atoms with Crippen molar-refractivity contribution in [3.05, 3.63) is 386 Å². The van der Waals surface area contributed by atoms with E-state index in [0.29, 0.717) is 0 Å². The molecule has 2 aliphatic carbocycles. The van der Waals surface area contributed by atoms with Crippen LogP contribution in [-0.2, 0) is 102 Å². The maximum absolute atomic E-state index is 7.15. The topological polar surface area (TPSA) is 0 Å². The van der Waals surface area contributed by atoms with Crippen molar-refractivity contribution < 1.29 is 89.5 Å². The summed E-state index contributed by atoms with van der Waals surface area (Å²) in [7, 11) is -3.39. The molecule has 8 heteroatoms. The van der Waals surface area contributed by atoms with Crippen LogP contribution in [0.3, 0.4) is 0 Å². The normalized spacial score (nSPS) is 10.6. The SMILES string of the molecule is [Au+].[Au+].[Au+].[Au+].[C-]#Cc1ccc2c(c1)Cc1cc(C#[C-])ccc1-2.[C-]#Cc1ccc2c(c1)Cc1cc(C#[C-])ccc1-2.c1ccc([PH+](C[PH+](c2ccccc2)c2ccccc2)c2ccccc2)cc1.c1ccc([PH+](C[PH+](c2ccccc2)c2ccccc2)c2ccccc2)cc1. The van der Waals surface area contributed by atoms with Crippen LogP contribution in [-0.4, -0.2) is 11.8 Å². The van der Waals surface area contributed by atoms with E-state index in [1.807, 2.05) is 72.8 Å². The summed E-state index contributed by atoms with van der Waals surface area (Å²) in [4.78, 5) is 0. The van der Waals surface area contributed by atoms with E-state index in [2.05, 4.69) is 266 Å². The Balaban J connectivity index is 0.000000175. The summed E-state index contributed by atoms with van der Waals surface area (Å²) in [6, 6.07) is 113. The monoisotopic (exact) mass is 1980 g/mol. The Labute approximate surface area is 613 Å². The first-order valence-corrected chi connectivity index (χ1v) is 36.4. The number of hydrogen-bond acceptors (Lipinski definition) is 0. The summed E-state index contributed by atoms with van der Waals surface area (Å²) in [5.41, 5.74) is 13.1. The molecular formula is C84H64Au4P4+4. The Morgan fingerprint density at radius 1 is 0.217 bits per heavy atom. The predicted molar refractivity (Wildman–Crippen MR) is 386 cm³/mol. The average molecular weight is 1990 g/mol. The van der Waals surface area contributed by atoms with Crippen molar-refractivity contribution >= 4 is 74.1 Å². The standard InChI is InChI=1S/2C25H22P2.2C17H8.4Au/c2*1-5-13-22(14-6-1)26(23-15-7-2-8-16-23)21-27(24-17-9-3-10-18-24)25-19-11-4-12-20-25;2*1-3-12-5-7-16-14(9-12)11-15-10-13(4-2)6-8-17(15)16;;;;/h2*1-20H,21H2;2*5-10H,11H2;;;;/q;;2*-2;4*+1/p+4. The second-order valence-corrected chi connectivity index (χ2v) is 32.8. The molecule has 12 aromatic rings. The molecule has 0 fully saturated rings. The first kappa shape index (κ1) is 73.0. The van der Waals surface area contributed by atoms with Gasteiger partial charge in [0, 0.05) is 0 Å². The van der Waals surface area contributed by atoms with Crippen LogP contribution < -0.4 is 42.4 Å². The van der Waals surface area contributed by atoms with Crippen molar-refractivity contribution in [2.75, 3.05) is 11.8 Å². The molecule has 14 rings (SSSR count). The molecule has 0 saturated carbocycles. The minimum Gasteiger partial charge on any atom is -0.366 e. The molecule has 0 unspecified atom stereocenters. The third-order valence-electron chi connectivity index (χ3n) is 16.0. The molecule has 460 valence electrons. The minimum absolute atomic E-state index is 0. The van der Waals surface area contributed by atoms with Crippen LogP contribution in [0, 0.1) is 49.4 Å². The fourth-order valence-electron chi connectivity index (χ4n) is 11.7. The number of benzene rings is 12. The van der Waals surface area contributed by atoms with Crippen LogP contribution in [0.1, 0.15) is 44.5 Å². The molecule has 0 aromatic heterocycles. The molecule has 12 aromatic carbocycles. The van der Waals surface area contributed by atoms with Crippen LogP contribution in [0.25, 0.3) is 22.3 Å². The van der Waals surface area contributed by atoms with Crippen LogP contribution in [0.5, 0.6) is 0 Å². The Hall–Kier alpha value is -6.44. The van der Waals surface area contributed by atoms with E-state index in [1.54, 1.807) is 0 Å². The van der Waals surface area contributed by atoms with Gasteiger partial charge >= 0.3 is 89.5 Å². The molecule has 92 heavy (non-hydrogen) atoms. The van der Waals surface area contributed by atoms with Gasteiger partial charge in [0.15, 0.2) is 11.8 Å². The zero-order chi connectivity index (χ0) is 60.3. The van der Waals surface area contributed by atoms with Gasteiger partial charge in [0.2, 0.25) is 0 Å². The molecule has 0 atom stereocenters. The first-order chi connectivity index (χ1) is 43.5. The molecule has 0 amide bonds. The number of fused-ring (bicyclic) bond motifs is 6. The van der Waals surface area contributed by atoms with E-state index in [1.165, 1.54) is 98.7 Å². The molecule has 0 heterocycles. The van der Waals surface area contributed by atoms with Gasteiger partial charge in [-0.15, -0.1) is 70.8 Å². The van der Waals surface area contributed by atoms with Crippen LogP contribution in [0.2, 0.25) is 0 Å². The minimum atomic E-state index is -0.847. The molecule has 0 nitrogen and oxygen atoms in total. The number of rotatable bonds is 12. The third-order valence-corrected chi connectivity index (χ3v) is 29.9. The van der Waals surface area contributed by atoms with Crippen LogP contribution in [0.4, 0.5) is 0 Å². The second kappa shape index (κ2) is 37.5. The molecule has 0 aliphatic heterocycles. The van der Waals surface area contributed by atoms with Crippen molar-refractivity contribution in [2.45, 2.75) is 12.8 Å². The second-order valence-electron chi connectivity index (χ2n) is 21.5. The summed E-state index contributed by atoms with van der Waals surface area (Å²) < 4.78 is 0. The van der Waals surface area contributed by atoms with E-state index in [4.69, 9.17) is 25.7 Å². The van der Waals surface area contributed by atoms with Crippen LogP contribution in [0.15, 0.2) is 315 Å². The van der Waals surface area contributed by atoms with Gasteiger partial charge in [0.1, 0.15) is 74.1 Å². The van der Waals surface area contributed by atoms with Gasteiger partial charge in [0.05, 0.1) is 0 Å². The quantitative estimate of drug-likeness (QED) is 0.0495.